The second kappa shape index (κ2) is 13.6. The molecule has 3 aromatic rings. The Labute approximate surface area is 236 Å². The molecule has 1 N–H and O–H groups in total. The number of sulfonamides is 1. The SMILES string of the molecule is CCC(C(=O)NC1CCCCC1)N(Cc1ccccc1)C(=O)CN(c1ccccc1F)S(=O)(=O)c1ccccc1. The average Bonchev–Trinajstić information content (AvgIpc) is 2.97. The first-order valence-electron chi connectivity index (χ1n) is 13.8. The van der Waals surface area contributed by atoms with Gasteiger partial charge in [0.15, 0.2) is 0 Å². The van der Waals surface area contributed by atoms with Crippen molar-refractivity contribution < 1.29 is 22.4 Å². The molecule has 3 aromatic carbocycles. The van der Waals surface area contributed by atoms with E-state index in [1.54, 1.807) is 18.2 Å². The van der Waals surface area contributed by atoms with Gasteiger partial charge in [0.2, 0.25) is 11.8 Å². The lowest BCUT2D eigenvalue weighted by atomic mass is 9.95. The first-order chi connectivity index (χ1) is 19.3. The van der Waals surface area contributed by atoms with Crippen molar-refractivity contribution in [2.24, 2.45) is 0 Å². The lowest BCUT2D eigenvalue weighted by Crippen LogP contribution is -2.54. The predicted octanol–water partition coefficient (Wildman–Crippen LogP) is 5.28. The van der Waals surface area contributed by atoms with Crippen LogP contribution in [0.3, 0.4) is 0 Å². The van der Waals surface area contributed by atoms with Crippen LogP contribution in [0, 0.1) is 5.82 Å². The number of hydrogen-bond acceptors (Lipinski definition) is 4. The molecule has 0 saturated heterocycles. The predicted molar refractivity (Wildman–Crippen MR) is 153 cm³/mol. The van der Waals surface area contributed by atoms with Crippen LogP contribution in [0.5, 0.6) is 0 Å². The summed E-state index contributed by atoms with van der Waals surface area (Å²) in [5, 5.41) is 3.12. The number of rotatable bonds is 11. The molecule has 1 aliphatic rings. The van der Waals surface area contributed by atoms with Crippen LogP contribution >= 0.6 is 0 Å². The second-order valence-corrected chi connectivity index (χ2v) is 11.9. The van der Waals surface area contributed by atoms with E-state index < -0.39 is 34.3 Å². The van der Waals surface area contributed by atoms with Crippen molar-refractivity contribution in [3.8, 4) is 0 Å². The van der Waals surface area contributed by atoms with Crippen molar-refractivity contribution in [3.05, 3.63) is 96.3 Å². The Balaban J connectivity index is 1.69. The highest BCUT2D eigenvalue weighted by Gasteiger charge is 2.35. The van der Waals surface area contributed by atoms with Gasteiger partial charge in [-0.3, -0.25) is 13.9 Å². The van der Waals surface area contributed by atoms with E-state index in [0.29, 0.717) is 6.42 Å². The van der Waals surface area contributed by atoms with Crippen LogP contribution in [0.15, 0.2) is 89.8 Å². The molecule has 4 rings (SSSR count). The molecule has 2 amide bonds. The highest BCUT2D eigenvalue weighted by Crippen LogP contribution is 2.27. The van der Waals surface area contributed by atoms with E-state index in [2.05, 4.69) is 5.32 Å². The van der Waals surface area contributed by atoms with Crippen LogP contribution in [0.1, 0.15) is 51.0 Å². The maximum absolute atomic E-state index is 15.0. The van der Waals surface area contributed by atoms with Gasteiger partial charge < -0.3 is 10.2 Å². The Kier molecular flexibility index (Phi) is 9.93. The number of anilines is 1. The molecule has 1 atom stereocenters. The number of nitrogens with zero attached hydrogens (tertiary/aromatic N) is 2. The highest BCUT2D eigenvalue weighted by molar-refractivity contribution is 7.92. The zero-order chi connectivity index (χ0) is 28.5. The quantitative estimate of drug-likeness (QED) is 0.343. The summed E-state index contributed by atoms with van der Waals surface area (Å²) >= 11 is 0. The number of hydrogen-bond donors (Lipinski definition) is 1. The summed E-state index contributed by atoms with van der Waals surface area (Å²) < 4.78 is 43.3. The Hall–Kier alpha value is -3.72. The van der Waals surface area contributed by atoms with E-state index in [1.165, 1.54) is 35.2 Å². The van der Waals surface area contributed by atoms with Crippen molar-refractivity contribution in [2.75, 3.05) is 10.8 Å². The molecule has 40 heavy (non-hydrogen) atoms. The first-order valence-corrected chi connectivity index (χ1v) is 15.2. The van der Waals surface area contributed by atoms with Gasteiger partial charge in [0, 0.05) is 12.6 Å². The number of carbonyl (C=O) groups is 2. The summed E-state index contributed by atoms with van der Waals surface area (Å²) in [7, 11) is -4.31. The molecule has 0 radical (unpaired) electrons. The molecule has 0 spiro atoms. The third kappa shape index (κ3) is 7.07. The molecule has 0 aliphatic heterocycles. The summed E-state index contributed by atoms with van der Waals surface area (Å²) in [6, 6.07) is 21.5. The minimum atomic E-state index is -4.31. The lowest BCUT2D eigenvalue weighted by molar-refractivity contribution is -0.140. The summed E-state index contributed by atoms with van der Waals surface area (Å²) in [5.41, 5.74) is 0.558. The van der Waals surface area contributed by atoms with Crippen LogP contribution in [0.4, 0.5) is 10.1 Å². The number of carbonyl (C=O) groups excluding carboxylic acids is 2. The fraction of sp³-hybridized carbons (Fsp3) is 0.355. The molecular weight excluding hydrogens is 529 g/mol. The fourth-order valence-corrected chi connectivity index (χ4v) is 6.57. The van der Waals surface area contributed by atoms with Gasteiger partial charge in [0.1, 0.15) is 18.4 Å². The van der Waals surface area contributed by atoms with E-state index in [0.717, 1.165) is 48.0 Å². The largest absolute Gasteiger partial charge is 0.352 e. The van der Waals surface area contributed by atoms with Crippen LogP contribution in [-0.4, -0.2) is 43.8 Å². The zero-order valence-corrected chi connectivity index (χ0v) is 23.5. The summed E-state index contributed by atoms with van der Waals surface area (Å²) in [6.07, 6.45) is 5.36. The van der Waals surface area contributed by atoms with Gasteiger partial charge in [0.25, 0.3) is 10.0 Å². The monoisotopic (exact) mass is 565 g/mol. The molecule has 0 heterocycles. The van der Waals surface area contributed by atoms with Gasteiger partial charge >= 0.3 is 0 Å². The van der Waals surface area contributed by atoms with Crippen LogP contribution in [0.25, 0.3) is 0 Å². The highest BCUT2D eigenvalue weighted by atomic mass is 32.2. The first kappa shape index (κ1) is 29.3. The smallest absolute Gasteiger partial charge is 0.264 e. The van der Waals surface area contributed by atoms with E-state index in [4.69, 9.17) is 0 Å². The molecule has 0 bridgehead atoms. The third-order valence-electron chi connectivity index (χ3n) is 7.26. The molecule has 0 aromatic heterocycles. The zero-order valence-electron chi connectivity index (χ0n) is 22.7. The van der Waals surface area contributed by atoms with Crippen LogP contribution in [-0.2, 0) is 26.2 Å². The number of halogens is 1. The van der Waals surface area contributed by atoms with E-state index in [1.807, 2.05) is 37.3 Å². The van der Waals surface area contributed by atoms with Gasteiger partial charge in [-0.2, -0.15) is 0 Å². The second-order valence-electron chi connectivity index (χ2n) is 10.1. The standard InChI is InChI=1S/C31H36FN3O4S/c1-2-28(31(37)33-25-16-8-4-9-17-25)34(22-24-14-6-3-7-15-24)30(36)23-35(29-21-13-12-20-27(29)32)40(38,39)26-18-10-5-11-19-26/h3,5-7,10-15,18-21,25,28H,2,4,8-9,16-17,22-23H2,1H3,(H,33,37). The van der Waals surface area contributed by atoms with Crippen molar-refractivity contribution >= 4 is 27.5 Å². The summed E-state index contributed by atoms with van der Waals surface area (Å²) in [6.45, 7) is 1.26. The number of para-hydroxylation sites is 1. The number of benzene rings is 3. The van der Waals surface area contributed by atoms with Gasteiger partial charge in [-0.15, -0.1) is 0 Å². The lowest BCUT2D eigenvalue weighted by Gasteiger charge is -2.34. The van der Waals surface area contributed by atoms with Crippen molar-refractivity contribution in [3.63, 3.8) is 0 Å². The summed E-state index contributed by atoms with van der Waals surface area (Å²) in [4.78, 5) is 28.9. The molecule has 1 fully saturated rings. The third-order valence-corrected chi connectivity index (χ3v) is 9.04. The number of nitrogens with one attached hydrogen (secondary N) is 1. The van der Waals surface area contributed by atoms with Gasteiger partial charge in [-0.25, -0.2) is 12.8 Å². The normalized spacial score (nSPS) is 14.8. The van der Waals surface area contributed by atoms with Crippen molar-refractivity contribution in [1.29, 1.82) is 0 Å². The van der Waals surface area contributed by atoms with Gasteiger partial charge in [-0.1, -0.05) is 86.8 Å². The molecule has 7 nitrogen and oxygen atoms in total. The van der Waals surface area contributed by atoms with E-state index in [9.17, 15) is 18.0 Å². The topological polar surface area (TPSA) is 86.8 Å². The minimum absolute atomic E-state index is 0.0531. The maximum Gasteiger partial charge on any atom is 0.264 e. The average molecular weight is 566 g/mol. The molecule has 1 saturated carbocycles. The molecule has 212 valence electrons. The van der Waals surface area contributed by atoms with Gasteiger partial charge in [-0.05, 0) is 49.1 Å². The van der Waals surface area contributed by atoms with Gasteiger partial charge in [0.05, 0.1) is 10.6 Å². The maximum atomic E-state index is 15.0. The Morgan fingerprint density at radius 2 is 1.50 bits per heavy atom. The van der Waals surface area contributed by atoms with E-state index >= 15 is 4.39 Å². The Morgan fingerprint density at radius 1 is 0.900 bits per heavy atom. The van der Waals surface area contributed by atoms with Crippen LogP contribution < -0.4 is 9.62 Å². The van der Waals surface area contributed by atoms with Crippen LogP contribution in [0.2, 0.25) is 0 Å². The van der Waals surface area contributed by atoms with Crippen molar-refractivity contribution in [2.45, 2.75) is 69.0 Å². The number of amides is 2. The van der Waals surface area contributed by atoms with Crippen molar-refractivity contribution in [1.82, 2.24) is 10.2 Å². The molecule has 1 unspecified atom stereocenters. The summed E-state index contributed by atoms with van der Waals surface area (Å²) in [5.74, 6) is -1.63. The fourth-order valence-electron chi connectivity index (χ4n) is 5.13. The Bertz CT molecular complexity index is 1380. The molecular formula is C31H36FN3O4S. The Morgan fingerprint density at radius 3 is 2.12 bits per heavy atom. The minimum Gasteiger partial charge on any atom is -0.352 e. The molecule has 9 heteroatoms. The van der Waals surface area contributed by atoms with E-state index in [-0.39, 0.29) is 29.1 Å². The molecule has 1 aliphatic carbocycles.